The highest BCUT2D eigenvalue weighted by atomic mass is 35.5. The molecule has 2 atom stereocenters. The Kier molecular flexibility index (Phi) is 6.97. The topological polar surface area (TPSA) is 41.6 Å². The summed E-state index contributed by atoms with van der Waals surface area (Å²) in [5.41, 5.74) is 0. The number of amides is 1. The van der Waals surface area contributed by atoms with Crippen LogP contribution in [0.5, 0.6) is 0 Å². The van der Waals surface area contributed by atoms with E-state index in [1.165, 1.54) is 6.42 Å². The number of hydrogen-bond donors (Lipinski definition) is 1. The second kappa shape index (κ2) is 7.97. The molecule has 2 aliphatic heterocycles. The molecule has 2 fully saturated rings. The third-order valence-corrected chi connectivity index (χ3v) is 3.95. The highest BCUT2D eigenvalue weighted by molar-refractivity contribution is 5.85. The summed E-state index contributed by atoms with van der Waals surface area (Å²) in [5.74, 6) is 1.03. The lowest BCUT2D eigenvalue weighted by molar-refractivity contribution is -0.140. The number of carbonyl (C=O) groups is 1. The van der Waals surface area contributed by atoms with Gasteiger partial charge in [-0.25, -0.2) is 0 Å². The van der Waals surface area contributed by atoms with Gasteiger partial charge in [-0.15, -0.1) is 12.4 Å². The second-order valence-corrected chi connectivity index (χ2v) is 5.12. The molecule has 5 heteroatoms. The van der Waals surface area contributed by atoms with Crippen molar-refractivity contribution in [3.05, 3.63) is 0 Å². The van der Waals surface area contributed by atoms with Crippen molar-refractivity contribution in [1.82, 2.24) is 10.2 Å². The molecule has 0 saturated carbocycles. The molecule has 4 nitrogen and oxygen atoms in total. The zero-order valence-corrected chi connectivity index (χ0v) is 12.0. The van der Waals surface area contributed by atoms with Crippen LogP contribution in [0.15, 0.2) is 0 Å². The summed E-state index contributed by atoms with van der Waals surface area (Å²) in [7, 11) is 0. The van der Waals surface area contributed by atoms with Crippen molar-refractivity contribution >= 4 is 18.3 Å². The van der Waals surface area contributed by atoms with Crippen LogP contribution in [0, 0.1) is 5.92 Å². The fourth-order valence-corrected chi connectivity index (χ4v) is 2.75. The molecule has 2 heterocycles. The average Bonchev–Trinajstić information content (AvgIpc) is 2.89. The Morgan fingerprint density at radius 2 is 2.33 bits per heavy atom. The number of carbonyl (C=O) groups excluding carboxylic acids is 1. The van der Waals surface area contributed by atoms with Crippen LogP contribution >= 0.6 is 12.4 Å². The van der Waals surface area contributed by atoms with Gasteiger partial charge in [0.1, 0.15) is 0 Å². The molecule has 0 spiro atoms. The highest BCUT2D eigenvalue weighted by Gasteiger charge is 2.26. The Morgan fingerprint density at radius 1 is 1.50 bits per heavy atom. The van der Waals surface area contributed by atoms with Crippen LogP contribution in [0.25, 0.3) is 0 Å². The molecule has 18 heavy (non-hydrogen) atoms. The number of nitrogens with zero attached hydrogens (tertiary/aromatic N) is 1. The van der Waals surface area contributed by atoms with Gasteiger partial charge in [0.15, 0.2) is 0 Å². The minimum absolute atomic E-state index is 0. The minimum atomic E-state index is 0. The Morgan fingerprint density at radius 3 is 3.00 bits per heavy atom. The van der Waals surface area contributed by atoms with Crippen LogP contribution in [-0.2, 0) is 9.53 Å². The number of rotatable bonds is 4. The molecule has 1 N–H and O–H groups in total. The minimum Gasteiger partial charge on any atom is -0.377 e. The van der Waals surface area contributed by atoms with E-state index in [-0.39, 0.29) is 12.4 Å². The summed E-state index contributed by atoms with van der Waals surface area (Å²) in [6, 6.07) is 0.304. The highest BCUT2D eigenvalue weighted by Crippen LogP contribution is 2.17. The van der Waals surface area contributed by atoms with Crippen molar-refractivity contribution in [2.24, 2.45) is 5.92 Å². The summed E-state index contributed by atoms with van der Waals surface area (Å²) in [6.07, 6.45) is 3.98. The largest absolute Gasteiger partial charge is 0.377 e. The molecule has 0 aromatic rings. The van der Waals surface area contributed by atoms with Crippen LogP contribution in [0.1, 0.15) is 32.6 Å². The summed E-state index contributed by atoms with van der Waals surface area (Å²) in [4.78, 5) is 14.2. The van der Waals surface area contributed by atoms with Crippen molar-refractivity contribution in [2.75, 3.05) is 32.8 Å². The van der Waals surface area contributed by atoms with Gasteiger partial charge in [-0.05, 0) is 38.3 Å². The Bertz CT molecular complexity index is 257. The zero-order chi connectivity index (χ0) is 12.1. The van der Waals surface area contributed by atoms with Gasteiger partial charge >= 0.3 is 0 Å². The Balaban J connectivity index is 0.00000162. The monoisotopic (exact) mass is 276 g/mol. The van der Waals surface area contributed by atoms with Crippen molar-refractivity contribution in [2.45, 2.75) is 38.6 Å². The maximum atomic E-state index is 12.2. The second-order valence-electron chi connectivity index (χ2n) is 5.12. The van der Waals surface area contributed by atoms with Gasteiger partial charge in [0.25, 0.3) is 0 Å². The van der Waals surface area contributed by atoms with E-state index >= 15 is 0 Å². The van der Waals surface area contributed by atoms with Gasteiger partial charge in [0.2, 0.25) is 5.91 Å². The predicted octanol–water partition coefficient (Wildman–Crippen LogP) is 1.44. The molecule has 2 aliphatic rings. The maximum absolute atomic E-state index is 12.2. The summed E-state index contributed by atoms with van der Waals surface area (Å²) < 4.78 is 5.43. The fourth-order valence-electron chi connectivity index (χ4n) is 2.75. The Hall–Kier alpha value is -0.320. The van der Waals surface area contributed by atoms with Gasteiger partial charge < -0.3 is 15.0 Å². The average molecular weight is 277 g/mol. The van der Waals surface area contributed by atoms with Gasteiger partial charge in [0.05, 0.1) is 19.3 Å². The molecule has 2 unspecified atom stereocenters. The number of halogens is 1. The number of ether oxygens (including phenoxy) is 1. The molecule has 2 saturated heterocycles. The summed E-state index contributed by atoms with van der Waals surface area (Å²) in [6.45, 7) is 6.53. The third-order valence-electron chi connectivity index (χ3n) is 3.95. The van der Waals surface area contributed by atoms with Crippen LogP contribution in [-0.4, -0.2) is 49.7 Å². The normalized spacial score (nSPS) is 27.9. The van der Waals surface area contributed by atoms with Gasteiger partial charge in [0, 0.05) is 13.0 Å². The van der Waals surface area contributed by atoms with E-state index in [1.54, 1.807) is 0 Å². The maximum Gasteiger partial charge on any atom is 0.222 e. The molecule has 1 amide bonds. The molecule has 106 valence electrons. The van der Waals surface area contributed by atoms with E-state index in [4.69, 9.17) is 4.74 Å². The van der Waals surface area contributed by atoms with Crippen LogP contribution in [0.4, 0.5) is 0 Å². The van der Waals surface area contributed by atoms with Crippen LogP contribution < -0.4 is 5.32 Å². The van der Waals surface area contributed by atoms with E-state index in [9.17, 15) is 4.79 Å². The first-order valence-corrected chi connectivity index (χ1v) is 6.89. The van der Waals surface area contributed by atoms with E-state index < -0.39 is 0 Å². The smallest absolute Gasteiger partial charge is 0.222 e. The molecular weight excluding hydrogens is 252 g/mol. The third kappa shape index (κ3) is 4.11. The summed E-state index contributed by atoms with van der Waals surface area (Å²) in [5, 5.41) is 3.35. The molecule has 0 aromatic heterocycles. The lowest BCUT2D eigenvalue weighted by Crippen LogP contribution is -2.48. The van der Waals surface area contributed by atoms with E-state index in [2.05, 4.69) is 12.2 Å². The molecule has 0 aromatic carbocycles. The van der Waals surface area contributed by atoms with Gasteiger partial charge in [-0.1, -0.05) is 6.92 Å². The quantitative estimate of drug-likeness (QED) is 0.845. The zero-order valence-electron chi connectivity index (χ0n) is 11.2. The lowest BCUT2D eigenvalue weighted by Gasteiger charge is -2.35. The van der Waals surface area contributed by atoms with Crippen molar-refractivity contribution in [1.29, 1.82) is 0 Å². The van der Waals surface area contributed by atoms with Gasteiger partial charge in [-0.3, -0.25) is 4.79 Å². The van der Waals surface area contributed by atoms with Crippen LogP contribution in [0.3, 0.4) is 0 Å². The van der Waals surface area contributed by atoms with Gasteiger partial charge in [-0.2, -0.15) is 0 Å². The number of nitrogens with one attached hydrogen (secondary N) is 1. The molecular formula is C13H25ClN2O2. The van der Waals surface area contributed by atoms with Crippen molar-refractivity contribution in [3.63, 3.8) is 0 Å². The van der Waals surface area contributed by atoms with E-state index in [1.807, 2.05) is 4.90 Å². The first kappa shape index (κ1) is 15.7. The SMILES string of the molecule is CCC1COCCN1C(=O)CCC1CCNC1.Cl. The fraction of sp³-hybridized carbons (Fsp3) is 0.923. The molecule has 0 aliphatic carbocycles. The van der Waals surface area contributed by atoms with E-state index in [0.717, 1.165) is 32.5 Å². The molecule has 2 rings (SSSR count). The summed E-state index contributed by atoms with van der Waals surface area (Å²) >= 11 is 0. The van der Waals surface area contributed by atoms with E-state index in [0.29, 0.717) is 37.5 Å². The standard InChI is InChI=1S/C13H24N2O2.ClH/c1-2-12-10-17-8-7-15(12)13(16)4-3-11-5-6-14-9-11;/h11-12,14H,2-10H2,1H3;1H. The lowest BCUT2D eigenvalue weighted by atomic mass is 10.0. The van der Waals surface area contributed by atoms with Crippen molar-refractivity contribution in [3.8, 4) is 0 Å². The molecule has 0 bridgehead atoms. The first-order chi connectivity index (χ1) is 8.31. The Labute approximate surface area is 116 Å². The predicted molar refractivity (Wildman–Crippen MR) is 74.1 cm³/mol. The molecule has 0 radical (unpaired) electrons. The number of morpholine rings is 1. The first-order valence-electron chi connectivity index (χ1n) is 6.89. The number of hydrogen-bond acceptors (Lipinski definition) is 3. The van der Waals surface area contributed by atoms with Crippen molar-refractivity contribution < 1.29 is 9.53 Å². The van der Waals surface area contributed by atoms with Crippen LogP contribution in [0.2, 0.25) is 0 Å².